The first-order valence-electron chi connectivity index (χ1n) is 5.78. The van der Waals surface area contributed by atoms with E-state index in [1.807, 2.05) is 37.4 Å². The van der Waals surface area contributed by atoms with Crippen LogP contribution in [0.4, 0.5) is 0 Å². The average molecular weight is 254 g/mol. The van der Waals surface area contributed by atoms with Gasteiger partial charge in [-0.05, 0) is 25.6 Å². The fourth-order valence-corrected chi connectivity index (χ4v) is 3.54. The van der Waals surface area contributed by atoms with Crippen molar-refractivity contribution in [2.45, 2.75) is 18.2 Å². The Bertz CT molecular complexity index is 459. The van der Waals surface area contributed by atoms with Crippen LogP contribution in [0.15, 0.2) is 30.3 Å². The molecule has 1 heterocycles. The monoisotopic (exact) mass is 254 g/mol. The first-order chi connectivity index (χ1) is 8.05. The van der Waals surface area contributed by atoms with Gasteiger partial charge < -0.3 is 4.90 Å². The highest BCUT2D eigenvalue weighted by molar-refractivity contribution is 7.88. The number of nitrogens with zero attached hydrogens (tertiary/aromatic N) is 1. The topological polar surface area (TPSA) is 49.4 Å². The fourth-order valence-electron chi connectivity index (χ4n) is 2.12. The number of sulfonamides is 1. The van der Waals surface area contributed by atoms with Gasteiger partial charge in [-0.2, -0.15) is 0 Å². The Labute approximate surface area is 103 Å². The van der Waals surface area contributed by atoms with E-state index in [1.54, 1.807) is 0 Å². The van der Waals surface area contributed by atoms with Gasteiger partial charge in [0.05, 0.1) is 5.75 Å². The second-order valence-corrected chi connectivity index (χ2v) is 6.36. The van der Waals surface area contributed by atoms with E-state index >= 15 is 0 Å². The molecular weight excluding hydrogens is 236 g/mol. The van der Waals surface area contributed by atoms with Crippen LogP contribution in [0.5, 0.6) is 0 Å². The number of likely N-dealkylation sites (N-methyl/N-ethyl adjacent to an activating group) is 1. The Hall–Kier alpha value is -0.910. The predicted octanol–water partition coefficient (Wildman–Crippen LogP) is 0.810. The third kappa shape index (κ3) is 3.80. The van der Waals surface area contributed by atoms with Crippen LogP contribution in [0.3, 0.4) is 0 Å². The zero-order valence-corrected chi connectivity index (χ0v) is 10.8. The van der Waals surface area contributed by atoms with E-state index in [9.17, 15) is 8.42 Å². The summed E-state index contributed by atoms with van der Waals surface area (Å²) in [4.78, 5) is 2.13. The maximum absolute atomic E-state index is 11.9. The lowest BCUT2D eigenvalue weighted by Crippen LogP contribution is -2.37. The molecule has 94 valence electrons. The van der Waals surface area contributed by atoms with Crippen molar-refractivity contribution in [1.29, 1.82) is 0 Å². The van der Waals surface area contributed by atoms with Gasteiger partial charge in [-0.15, -0.1) is 0 Å². The summed E-state index contributed by atoms with van der Waals surface area (Å²) in [6.07, 6.45) is 0.893. The van der Waals surface area contributed by atoms with E-state index in [1.165, 1.54) is 0 Å². The summed E-state index contributed by atoms with van der Waals surface area (Å²) >= 11 is 0. The van der Waals surface area contributed by atoms with Crippen LogP contribution < -0.4 is 4.72 Å². The van der Waals surface area contributed by atoms with Crippen LogP contribution in [0.25, 0.3) is 0 Å². The predicted molar refractivity (Wildman–Crippen MR) is 68.1 cm³/mol. The van der Waals surface area contributed by atoms with Crippen LogP contribution >= 0.6 is 0 Å². The molecule has 1 aromatic carbocycles. The Kier molecular flexibility index (Phi) is 3.81. The zero-order chi connectivity index (χ0) is 12.3. The van der Waals surface area contributed by atoms with Crippen molar-refractivity contribution >= 4 is 10.0 Å². The molecule has 1 aliphatic heterocycles. The molecule has 0 aromatic heterocycles. The van der Waals surface area contributed by atoms with Crippen molar-refractivity contribution in [1.82, 2.24) is 9.62 Å². The molecule has 0 spiro atoms. The highest BCUT2D eigenvalue weighted by Crippen LogP contribution is 2.10. The molecule has 1 N–H and O–H groups in total. The van der Waals surface area contributed by atoms with Crippen LogP contribution in [0, 0.1) is 0 Å². The summed E-state index contributed by atoms with van der Waals surface area (Å²) in [5.74, 6) is 0.0635. The zero-order valence-electron chi connectivity index (χ0n) is 9.96. The number of nitrogens with one attached hydrogen (secondary N) is 1. The van der Waals surface area contributed by atoms with Gasteiger partial charge in [-0.25, -0.2) is 13.1 Å². The van der Waals surface area contributed by atoms with Gasteiger partial charge in [-0.3, -0.25) is 0 Å². The van der Waals surface area contributed by atoms with E-state index in [2.05, 4.69) is 9.62 Å². The highest BCUT2D eigenvalue weighted by atomic mass is 32.2. The lowest BCUT2D eigenvalue weighted by Gasteiger charge is -2.13. The standard InChI is InChI=1S/C12H18N2O2S/c1-14-8-7-12(9-14)13-17(15,16)10-11-5-3-2-4-6-11/h2-6,12-13H,7-10H2,1H3/t12-/m0/s1. The van der Waals surface area contributed by atoms with Gasteiger partial charge in [-0.1, -0.05) is 30.3 Å². The van der Waals surface area contributed by atoms with Crippen LogP contribution in [0.2, 0.25) is 0 Å². The van der Waals surface area contributed by atoms with Crippen molar-refractivity contribution in [3.63, 3.8) is 0 Å². The van der Waals surface area contributed by atoms with Crippen molar-refractivity contribution in [2.24, 2.45) is 0 Å². The Morgan fingerprint density at radius 3 is 2.65 bits per heavy atom. The van der Waals surface area contributed by atoms with Gasteiger partial charge in [0.1, 0.15) is 0 Å². The molecule has 2 rings (SSSR count). The van der Waals surface area contributed by atoms with Gasteiger partial charge >= 0.3 is 0 Å². The normalized spacial score (nSPS) is 21.8. The summed E-state index contributed by atoms with van der Waals surface area (Å²) < 4.78 is 26.6. The summed E-state index contributed by atoms with van der Waals surface area (Å²) in [6, 6.07) is 9.33. The fraction of sp³-hybridized carbons (Fsp3) is 0.500. The summed E-state index contributed by atoms with van der Waals surface area (Å²) in [5.41, 5.74) is 0.825. The number of benzene rings is 1. The van der Waals surface area contributed by atoms with Crippen molar-refractivity contribution in [3.05, 3.63) is 35.9 Å². The third-order valence-electron chi connectivity index (χ3n) is 2.94. The molecule has 1 saturated heterocycles. The molecule has 1 fully saturated rings. The van der Waals surface area contributed by atoms with Crippen LogP contribution in [-0.2, 0) is 15.8 Å². The number of hydrogen-bond donors (Lipinski definition) is 1. The molecule has 0 bridgehead atoms. The van der Waals surface area contributed by atoms with Crippen molar-refractivity contribution in [2.75, 3.05) is 20.1 Å². The minimum atomic E-state index is -3.22. The SMILES string of the molecule is CN1CC[C@H](NS(=O)(=O)Cc2ccccc2)C1. The first-order valence-corrected chi connectivity index (χ1v) is 7.43. The van der Waals surface area contributed by atoms with E-state index in [0.717, 1.165) is 25.1 Å². The maximum atomic E-state index is 11.9. The molecule has 0 aliphatic carbocycles. The molecule has 5 heteroatoms. The lowest BCUT2D eigenvalue weighted by atomic mass is 10.2. The summed E-state index contributed by atoms with van der Waals surface area (Å²) in [7, 11) is -1.21. The Morgan fingerprint density at radius 1 is 1.35 bits per heavy atom. The van der Waals surface area contributed by atoms with Crippen molar-refractivity contribution in [3.8, 4) is 0 Å². The minimum absolute atomic E-state index is 0.0635. The number of hydrogen-bond acceptors (Lipinski definition) is 3. The van der Waals surface area contributed by atoms with Crippen LogP contribution in [0.1, 0.15) is 12.0 Å². The molecule has 1 aromatic rings. The van der Waals surface area contributed by atoms with Gasteiger partial charge in [0, 0.05) is 12.6 Å². The molecule has 0 saturated carbocycles. The molecule has 0 amide bonds. The van der Waals surface area contributed by atoms with E-state index in [-0.39, 0.29) is 11.8 Å². The third-order valence-corrected chi connectivity index (χ3v) is 4.34. The largest absolute Gasteiger partial charge is 0.305 e. The smallest absolute Gasteiger partial charge is 0.216 e. The first kappa shape index (κ1) is 12.5. The quantitative estimate of drug-likeness (QED) is 0.865. The molecule has 1 aliphatic rings. The molecule has 4 nitrogen and oxygen atoms in total. The number of rotatable bonds is 4. The molecule has 0 unspecified atom stereocenters. The minimum Gasteiger partial charge on any atom is -0.305 e. The summed E-state index contributed by atoms with van der Waals surface area (Å²) in [5, 5.41) is 0. The highest BCUT2D eigenvalue weighted by Gasteiger charge is 2.24. The maximum Gasteiger partial charge on any atom is 0.216 e. The van der Waals surface area contributed by atoms with E-state index in [4.69, 9.17) is 0 Å². The molecular formula is C12H18N2O2S. The van der Waals surface area contributed by atoms with Gasteiger partial charge in [0.2, 0.25) is 10.0 Å². The van der Waals surface area contributed by atoms with Gasteiger partial charge in [0.15, 0.2) is 0 Å². The van der Waals surface area contributed by atoms with Crippen molar-refractivity contribution < 1.29 is 8.42 Å². The van der Waals surface area contributed by atoms with E-state index < -0.39 is 10.0 Å². The lowest BCUT2D eigenvalue weighted by molar-refractivity contribution is 0.407. The average Bonchev–Trinajstić information content (AvgIpc) is 2.63. The summed E-state index contributed by atoms with van der Waals surface area (Å²) in [6.45, 7) is 1.76. The Balaban J connectivity index is 1.95. The van der Waals surface area contributed by atoms with Gasteiger partial charge in [0.25, 0.3) is 0 Å². The second-order valence-electron chi connectivity index (χ2n) is 4.61. The second kappa shape index (κ2) is 5.16. The Morgan fingerprint density at radius 2 is 2.06 bits per heavy atom. The number of likely N-dealkylation sites (tertiary alicyclic amines) is 1. The molecule has 17 heavy (non-hydrogen) atoms. The molecule has 1 atom stereocenters. The van der Waals surface area contributed by atoms with Crippen LogP contribution in [-0.4, -0.2) is 39.5 Å². The molecule has 0 radical (unpaired) electrons. The van der Waals surface area contributed by atoms with E-state index in [0.29, 0.717) is 0 Å².